The smallest absolute Gasteiger partial charge is 0.123 e. The fraction of sp³-hybridized carbons (Fsp3) is 0.0909. The van der Waals surface area contributed by atoms with Crippen LogP contribution >= 0.6 is 0 Å². The highest BCUT2D eigenvalue weighted by atomic mass is 19.1. The maximum absolute atomic E-state index is 12.7. The van der Waals surface area contributed by atoms with Crippen molar-refractivity contribution in [1.29, 1.82) is 0 Å². The van der Waals surface area contributed by atoms with Gasteiger partial charge in [0.2, 0.25) is 0 Å². The molecule has 0 spiro atoms. The number of nitrogens with zero attached hydrogens (tertiary/aromatic N) is 2. The van der Waals surface area contributed by atoms with E-state index in [4.69, 9.17) is 5.11 Å². The van der Waals surface area contributed by atoms with Crippen molar-refractivity contribution in [3.05, 3.63) is 48.2 Å². The number of benzene rings is 1. The first-order valence-electron chi connectivity index (χ1n) is 4.47. The molecular formula is C11H9FN2O. The third-order valence-electron chi connectivity index (χ3n) is 2.08. The molecule has 0 amide bonds. The number of rotatable bonds is 2. The number of halogens is 1. The van der Waals surface area contributed by atoms with Crippen LogP contribution in [0.3, 0.4) is 0 Å². The Morgan fingerprint density at radius 2 is 1.93 bits per heavy atom. The van der Waals surface area contributed by atoms with Crippen molar-refractivity contribution >= 4 is 0 Å². The van der Waals surface area contributed by atoms with Gasteiger partial charge in [-0.15, -0.1) is 0 Å². The zero-order valence-electron chi connectivity index (χ0n) is 7.89. The zero-order valence-corrected chi connectivity index (χ0v) is 7.89. The van der Waals surface area contributed by atoms with E-state index < -0.39 is 0 Å². The number of aliphatic hydroxyl groups excluding tert-OH is 1. The summed E-state index contributed by atoms with van der Waals surface area (Å²) in [4.78, 5) is 7.87. The Kier molecular flexibility index (Phi) is 2.69. The maximum Gasteiger partial charge on any atom is 0.123 e. The second kappa shape index (κ2) is 4.14. The van der Waals surface area contributed by atoms with Gasteiger partial charge >= 0.3 is 0 Å². The summed E-state index contributed by atoms with van der Waals surface area (Å²) in [5.41, 5.74) is 2.03. The molecule has 1 aromatic carbocycles. The van der Waals surface area contributed by atoms with E-state index in [2.05, 4.69) is 9.97 Å². The molecule has 76 valence electrons. The number of hydrogen-bond acceptors (Lipinski definition) is 3. The van der Waals surface area contributed by atoms with Crippen LogP contribution in [-0.4, -0.2) is 15.1 Å². The Morgan fingerprint density at radius 1 is 1.20 bits per heavy atom. The normalized spacial score (nSPS) is 10.3. The van der Waals surface area contributed by atoms with E-state index in [-0.39, 0.29) is 12.4 Å². The summed E-state index contributed by atoms with van der Waals surface area (Å²) in [6.07, 6.45) is 2.95. The van der Waals surface area contributed by atoms with Gasteiger partial charge in [0.1, 0.15) is 12.1 Å². The molecule has 0 saturated carbocycles. The Hall–Kier alpha value is -1.81. The molecule has 1 N–H and O–H groups in total. The summed E-state index contributed by atoms with van der Waals surface area (Å²) in [6, 6.07) is 5.96. The van der Waals surface area contributed by atoms with Gasteiger partial charge in [-0.25, -0.2) is 14.4 Å². The summed E-state index contributed by atoms with van der Waals surface area (Å²) in [5, 5.41) is 9.08. The van der Waals surface area contributed by atoms with Gasteiger partial charge < -0.3 is 5.11 Å². The van der Waals surface area contributed by atoms with Gasteiger partial charge in [-0.2, -0.15) is 0 Å². The molecule has 4 heteroatoms. The molecule has 0 radical (unpaired) electrons. The molecule has 0 bridgehead atoms. The minimum absolute atomic E-state index is 0.131. The first-order chi connectivity index (χ1) is 7.31. The van der Waals surface area contributed by atoms with E-state index in [0.29, 0.717) is 11.3 Å². The molecule has 0 atom stereocenters. The van der Waals surface area contributed by atoms with Crippen LogP contribution < -0.4 is 0 Å². The topological polar surface area (TPSA) is 46.0 Å². The van der Waals surface area contributed by atoms with E-state index >= 15 is 0 Å². The van der Waals surface area contributed by atoms with Gasteiger partial charge in [-0.05, 0) is 24.3 Å². The van der Waals surface area contributed by atoms with Crippen LogP contribution in [0.15, 0.2) is 36.8 Å². The Balaban J connectivity index is 2.49. The standard InChI is InChI=1S/C11H9FN2O/c12-10-3-1-8(2-4-10)11-9(6-15)5-13-7-14-11/h1-5,7,15H,6H2. The largest absolute Gasteiger partial charge is 0.392 e. The summed E-state index contributed by atoms with van der Waals surface area (Å²) in [7, 11) is 0. The Bertz CT molecular complexity index is 456. The number of aromatic nitrogens is 2. The molecule has 0 unspecified atom stereocenters. The van der Waals surface area contributed by atoms with Crippen molar-refractivity contribution in [2.75, 3.05) is 0 Å². The number of aliphatic hydroxyl groups is 1. The van der Waals surface area contributed by atoms with E-state index in [1.165, 1.54) is 18.5 Å². The predicted molar refractivity (Wildman–Crippen MR) is 53.3 cm³/mol. The second-order valence-electron chi connectivity index (χ2n) is 3.06. The SMILES string of the molecule is OCc1cncnc1-c1ccc(F)cc1. The fourth-order valence-corrected chi connectivity index (χ4v) is 1.34. The lowest BCUT2D eigenvalue weighted by Gasteiger charge is -2.04. The lowest BCUT2D eigenvalue weighted by Crippen LogP contribution is -1.94. The van der Waals surface area contributed by atoms with Gasteiger partial charge in [0.25, 0.3) is 0 Å². The van der Waals surface area contributed by atoms with E-state index in [9.17, 15) is 4.39 Å². The molecule has 2 aromatic rings. The lowest BCUT2D eigenvalue weighted by molar-refractivity contribution is 0.281. The second-order valence-corrected chi connectivity index (χ2v) is 3.06. The van der Waals surface area contributed by atoms with E-state index in [0.717, 1.165) is 5.56 Å². The molecule has 0 aliphatic carbocycles. The minimum atomic E-state index is -0.293. The highest BCUT2D eigenvalue weighted by Gasteiger charge is 2.05. The molecule has 15 heavy (non-hydrogen) atoms. The predicted octanol–water partition coefficient (Wildman–Crippen LogP) is 1.77. The van der Waals surface area contributed by atoms with Crippen molar-refractivity contribution in [1.82, 2.24) is 9.97 Å². The molecule has 0 aliphatic heterocycles. The summed E-state index contributed by atoms with van der Waals surface area (Å²) < 4.78 is 12.7. The zero-order chi connectivity index (χ0) is 10.7. The average Bonchev–Trinajstić information content (AvgIpc) is 2.30. The molecule has 3 nitrogen and oxygen atoms in total. The monoisotopic (exact) mass is 204 g/mol. The molecule has 1 heterocycles. The average molecular weight is 204 g/mol. The summed E-state index contributed by atoms with van der Waals surface area (Å²) in [5.74, 6) is -0.293. The van der Waals surface area contributed by atoms with Crippen LogP contribution in [0.2, 0.25) is 0 Å². The maximum atomic E-state index is 12.7. The third-order valence-corrected chi connectivity index (χ3v) is 2.08. The number of hydrogen-bond donors (Lipinski definition) is 1. The first-order valence-corrected chi connectivity index (χ1v) is 4.47. The van der Waals surface area contributed by atoms with Crippen molar-refractivity contribution < 1.29 is 9.50 Å². The van der Waals surface area contributed by atoms with Crippen LogP contribution in [-0.2, 0) is 6.61 Å². The van der Waals surface area contributed by atoms with Gasteiger partial charge in [0, 0.05) is 17.3 Å². The molecule has 0 fully saturated rings. The van der Waals surface area contributed by atoms with Crippen LogP contribution in [0.4, 0.5) is 4.39 Å². The van der Waals surface area contributed by atoms with Gasteiger partial charge in [0.05, 0.1) is 12.3 Å². The van der Waals surface area contributed by atoms with Crippen molar-refractivity contribution in [2.24, 2.45) is 0 Å². The lowest BCUT2D eigenvalue weighted by atomic mass is 10.1. The highest BCUT2D eigenvalue weighted by molar-refractivity contribution is 5.62. The van der Waals surface area contributed by atoms with Gasteiger partial charge in [0.15, 0.2) is 0 Å². The Labute approximate surface area is 86.3 Å². The Morgan fingerprint density at radius 3 is 2.60 bits per heavy atom. The molecule has 2 rings (SSSR count). The summed E-state index contributed by atoms with van der Waals surface area (Å²) >= 11 is 0. The van der Waals surface area contributed by atoms with Crippen LogP contribution in [0.1, 0.15) is 5.56 Å². The van der Waals surface area contributed by atoms with Crippen LogP contribution in [0, 0.1) is 5.82 Å². The quantitative estimate of drug-likeness (QED) is 0.810. The molecule has 0 aliphatic rings. The first kappa shape index (κ1) is 9.73. The minimum Gasteiger partial charge on any atom is -0.392 e. The van der Waals surface area contributed by atoms with E-state index in [1.807, 2.05) is 0 Å². The molecular weight excluding hydrogens is 195 g/mol. The molecule has 1 aromatic heterocycles. The van der Waals surface area contributed by atoms with Crippen molar-refractivity contribution in [3.8, 4) is 11.3 Å². The molecule has 0 saturated heterocycles. The fourth-order valence-electron chi connectivity index (χ4n) is 1.34. The highest BCUT2D eigenvalue weighted by Crippen LogP contribution is 2.20. The van der Waals surface area contributed by atoms with E-state index in [1.54, 1.807) is 18.3 Å². The summed E-state index contributed by atoms with van der Waals surface area (Å²) in [6.45, 7) is -0.131. The van der Waals surface area contributed by atoms with Crippen molar-refractivity contribution in [2.45, 2.75) is 6.61 Å². The van der Waals surface area contributed by atoms with Crippen LogP contribution in [0.25, 0.3) is 11.3 Å². The third kappa shape index (κ3) is 1.99. The van der Waals surface area contributed by atoms with Crippen molar-refractivity contribution in [3.63, 3.8) is 0 Å². The van der Waals surface area contributed by atoms with Crippen LogP contribution in [0.5, 0.6) is 0 Å². The van der Waals surface area contributed by atoms with Gasteiger partial charge in [-0.1, -0.05) is 0 Å². The van der Waals surface area contributed by atoms with Gasteiger partial charge in [-0.3, -0.25) is 0 Å².